The third-order valence-corrected chi connectivity index (χ3v) is 5.42. The standard InChI is InChI=1S/C16H24N2O5S/c17-24(19,20)15-3-1-14(2-4-15)21-10-9-18-7-5-13(6-8-18)16-22-11-12-23-16/h1-4,13,16H,5-12H2,(H2,17,19,20). The van der Waals surface area contributed by atoms with Crippen LogP contribution in [0.4, 0.5) is 0 Å². The summed E-state index contributed by atoms with van der Waals surface area (Å²) in [6.45, 7) is 4.86. The summed E-state index contributed by atoms with van der Waals surface area (Å²) in [5.41, 5.74) is 0. The van der Waals surface area contributed by atoms with Gasteiger partial charge in [-0.05, 0) is 50.2 Å². The molecule has 0 aliphatic carbocycles. The Morgan fingerprint density at radius 1 is 1.12 bits per heavy atom. The Kier molecular flexibility index (Phi) is 5.72. The second kappa shape index (κ2) is 7.79. The Morgan fingerprint density at radius 2 is 1.75 bits per heavy atom. The summed E-state index contributed by atoms with van der Waals surface area (Å²) >= 11 is 0. The fraction of sp³-hybridized carbons (Fsp3) is 0.625. The Labute approximate surface area is 142 Å². The molecule has 0 bridgehead atoms. The van der Waals surface area contributed by atoms with E-state index < -0.39 is 10.0 Å². The van der Waals surface area contributed by atoms with Crippen LogP contribution < -0.4 is 9.88 Å². The molecular formula is C16H24N2O5S. The van der Waals surface area contributed by atoms with Gasteiger partial charge in [0.2, 0.25) is 10.0 Å². The minimum Gasteiger partial charge on any atom is -0.492 e. The van der Waals surface area contributed by atoms with Gasteiger partial charge in [-0.15, -0.1) is 0 Å². The van der Waals surface area contributed by atoms with E-state index in [9.17, 15) is 8.42 Å². The normalized spacial score (nSPS) is 21.2. The molecular weight excluding hydrogens is 332 g/mol. The molecule has 0 unspecified atom stereocenters. The summed E-state index contributed by atoms with van der Waals surface area (Å²) in [5, 5.41) is 5.07. The number of benzene rings is 1. The first-order valence-electron chi connectivity index (χ1n) is 8.23. The van der Waals surface area contributed by atoms with E-state index in [1.54, 1.807) is 12.1 Å². The molecule has 1 aromatic carbocycles. The topological polar surface area (TPSA) is 91.1 Å². The number of ether oxygens (including phenoxy) is 3. The van der Waals surface area contributed by atoms with Gasteiger partial charge in [-0.1, -0.05) is 0 Å². The van der Waals surface area contributed by atoms with Crippen LogP contribution in [0.25, 0.3) is 0 Å². The molecule has 1 aromatic rings. The molecule has 2 N–H and O–H groups in total. The minimum absolute atomic E-state index is 0.0132. The maximum Gasteiger partial charge on any atom is 0.238 e. The second-order valence-corrected chi connectivity index (χ2v) is 7.72. The number of hydrogen-bond donors (Lipinski definition) is 1. The fourth-order valence-corrected chi connectivity index (χ4v) is 3.63. The summed E-state index contributed by atoms with van der Waals surface area (Å²) < 4.78 is 39.2. The highest BCUT2D eigenvalue weighted by molar-refractivity contribution is 7.89. The highest BCUT2D eigenvalue weighted by atomic mass is 32.2. The van der Waals surface area contributed by atoms with Crippen LogP contribution >= 0.6 is 0 Å². The fourth-order valence-electron chi connectivity index (χ4n) is 3.12. The van der Waals surface area contributed by atoms with Gasteiger partial charge in [0.05, 0.1) is 18.1 Å². The lowest BCUT2D eigenvalue weighted by atomic mass is 9.96. The molecule has 7 nitrogen and oxygen atoms in total. The van der Waals surface area contributed by atoms with Crippen molar-refractivity contribution in [2.75, 3.05) is 39.5 Å². The van der Waals surface area contributed by atoms with Crippen LogP contribution in [0.3, 0.4) is 0 Å². The van der Waals surface area contributed by atoms with E-state index in [-0.39, 0.29) is 11.2 Å². The van der Waals surface area contributed by atoms with Crippen LogP contribution in [0, 0.1) is 5.92 Å². The molecule has 0 aromatic heterocycles. The van der Waals surface area contributed by atoms with Crippen molar-refractivity contribution >= 4 is 10.0 Å². The Balaban J connectivity index is 1.38. The van der Waals surface area contributed by atoms with Crippen molar-refractivity contribution < 1.29 is 22.6 Å². The van der Waals surface area contributed by atoms with Gasteiger partial charge in [0.25, 0.3) is 0 Å². The molecule has 2 aliphatic heterocycles. The summed E-state index contributed by atoms with van der Waals surface area (Å²) in [5.74, 6) is 1.14. The number of piperidine rings is 1. The average Bonchev–Trinajstić information content (AvgIpc) is 3.10. The van der Waals surface area contributed by atoms with Crippen molar-refractivity contribution in [2.45, 2.75) is 24.0 Å². The maximum atomic E-state index is 11.2. The number of hydrogen-bond acceptors (Lipinski definition) is 6. The van der Waals surface area contributed by atoms with Crippen molar-refractivity contribution in [3.63, 3.8) is 0 Å². The number of rotatable bonds is 6. The summed E-state index contributed by atoms with van der Waals surface area (Å²) in [7, 11) is -3.65. The SMILES string of the molecule is NS(=O)(=O)c1ccc(OCCN2CCC(C3OCCO3)CC2)cc1. The molecule has 134 valence electrons. The van der Waals surface area contributed by atoms with Crippen molar-refractivity contribution in [3.05, 3.63) is 24.3 Å². The average molecular weight is 356 g/mol. The number of nitrogens with zero attached hydrogens (tertiary/aromatic N) is 1. The zero-order chi connectivity index (χ0) is 17.0. The zero-order valence-electron chi connectivity index (χ0n) is 13.6. The van der Waals surface area contributed by atoms with Crippen molar-refractivity contribution in [1.82, 2.24) is 4.90 Å². The van der Waals surface area contributed by atoms with Crippen molar-refractivity contribution in [3.8, 4) is 5.75 Å². The lowest BCUT2D eigenvalue weighted by Crippen LogP contribution is -2.39. The lowest BCUT2D eigenvalue weighted by Gasteiger charge is -2.33. The predicted molar refractivity (Wildman–Crippen MR) is 88.2 cm³/mol. The van der Waals surface area contributed by atoms with Gasteiger partial charge in [0, 0.05) is 12.5 Å². The van der Waals surface area contributed by atoms with Crippen LogP contribution in [-0.4, -0.2) is 59.1 Å². The van der Waals surface area contributed by atoms with Crippen LogP contribution in [-0.2, 0) is 19.5 Å². The van der Waals surface area contributed by atoms with Crippen molar-refractivity contribution in [2.24, 2.45) is 11.1 Å². The molecule has 8 heteroatoms. The van der Waals surface area contributed by atoms with Gasteiger partial charge in [0.1, 0.15) is 12.4 Å². The largest absolute Gasteiger partial charge is 0.492 e. The van der Waals surface area contributed by atoms with Gasteiger partial charge in [-0.25, -0.2) is 13.6 Å². The van der Waals surface area contributed by atoms with E-state index in [4.69, 9.17) is 19.3 Å². The monoisotopic (exact) mass is 356 g/mol. The molecule has 2 saturated heterocycles. The first-order valence-corrected chi connectivity index (χ1v) is 9.78. The van der Waals surface area contributed by atoms with E-state index in [1.165, 1.54) is 12.1 Å². The first kappa shape index (κ1) is 17.6. The van der Waals surface area contributed by atoms with E-state index in [0.29, 0.717) is 31.5 Å². The molecule has 0 atom stereocenters. The third kappa shape index (κ3) is 4.67. The number of likely N-dealkylation sites (tertiary alicyclic amines) is 1. The Morgan fingerprint density at radius 3 is 2.33 bits per heavy atom. The van der Waals surface area contributed by atoms with Crippen LogP contribution in [0.1, 0.15) is 12.8 Å². The third-order valence-electron chi connectivity index (χ3n) is 4.49. The molecule has 24 heavy (non-hydrogen) atoms. The molecule has 2 aliphatic rings. The molecule has 2 heterocycles. The van der Waals surface area contributed by atoms with Gasteiger partial charge in [0.15, 0.2) is 6.29 Å². The molecule has 2 fully saturated rings. The molecule has 0 spiro atoms. The number of nitrogens with two attached hydrogens (primary N) is 1. The summed E-state index contributed by atoms with van der Waals surface area (Å²) in [4.78, 5) is 2.46. The highest BCUT2D eigenvalue weighted by Crippen LogP contribution is 2.25. The van der Waals surface area contributed by atoms with Crippen LogP contribution in [0.2, 0.25) is 0 Å². The zero-order valence-corrected chi connectivity index (χ0v) is 14.4. The Hall–Kier alpha value is -1.19. The number of sulfonamides is 1. The highest BCUT2D eigenvalue weighted by Gasteiger charge is 2.30. The lowest BCUT2D eigenvalue weighted by molar-refractivity contribution is -0.0976. The first-order chi connectivity index (χ1) is 11.5. The Bertz CT molecular complexity index is 620. The van der Waals surface area contributed by atoms with Gasteiger partial charge in [-0.2, -0.15) is 0 Å². The van der Waals surface area contributed by atoms with E-state index >= 15 is 0 Å². The van der Waals surface area contributed by atoms with Gasteiger partial charge < -0.3 is 14.2 Å². The summed E-state index contributed by atoms with van der Waals surface area (Å²) in [6, 6.07) is 6.16. The van der Waals surface area contributed by atoms with E-state index in [2.05, 4.69) is 4.90 Å². The summed E-state index contributed by atoms with van der Waals surface area (Å²) in [6.07, 6.45) is 2.14. The quantitative estimate of drug-likeness (QED) is 0.811. The number of primary sulfonamides is 1. The molecule has 0 amide bonds. The van der Waals surface area contributed by atoms with Gasteiger partial charge >= 0.3 is 0 Å². The van der Waals surface area contributed by atoms with Crippen LogP contribution in [0.15, 0.2) is 29.2 Å². The maximum absolute atomic E-state index is 11.2. The molecule has 3 rings (SSSR count). The van der Waals surface area contributed by atoms with E-state index in [0.717, 1.165) is 32.5 Å². The molecule has 0 saturated carbocycles. The smallest absolute Gasteiger partial charge is 0.238 e. The minimum atomic E-state index is -3.65. The van der Waals surface area contributed by atoms with Gasteiger partial charge in [-0.3, -0.25) is 4.90 Å². The van der Waals surface area contributed by atoms with Crippen LogP contribution in [0.5, 0.6) is 5.75 Å². The van der Waals surface area contributed by atoms with Crippen molar-refractivity contribution in [1.29, 1.82) is 0 Å². The second-order valence-electron chi connectivity index (χ2n) is 6.15. The predicted octanol–water partition coefficient (Wildman–Crippen LogP) is 0.798. The van der Waals surface area contributed by atoms with E-state index in [1.807, 2.05) is 0 Å². The molecule has 0 radical (unpaired) electrons.